The molecule has 0 amide bonds. The average Bonchev–Trinajstić information content (AvgIpc) is 0.892. The van der Waals surface area contributed by atoms with Crippen LogP contribution in [0, 0.1) is 19.3 Å². The monoisotopic (exact) mass is 1310 g/mol. The number of aromatic hydroxyl groups is 2. The Bertz CT molecular complexity index is 3770. The van der Waals surface area contributed by atoms with Gasteiger partial charge < -0.3 is 63.1 Å². The predicted octanol–water partition coefficient (Wildman–Crippen LogP) is 11.8. The second kappa shape index (κ2) is 34.4. The van der Waals surface area contributed by atoms with Gasteiger partial charge in [0.15, 0.2) is 18.9 Å². The van der Waals surface area contributed by atoms with Gasteiger partial charge in [-0.1, -0.05) is 80.7 Å². The molecule has 1 atom stereocenters. The van der Waals surface area contributed by atoms with Crippen LogP contribution in [0.15, 0.2) is 153 Å². The van der Waals surface area contributed by atoms with Crippen LogP contribution in [-0.2, 0) is 35.9 Å². The van der Waals surface area contributed by atoms with Crippen LogP contribution in [0.5, 0.6) is 34.5 Å². The maximum atomic E-state index is 13.4. The minimum absolute atomic E-state index is 0. The molecule has 1 spiro atoms. The number of pyridine rings is 4. The third-order valence-electron chi connectivity index (χ3n) is 17.1. The summed E-state index contributed by atoms with van der Waals surface area (Å²) in [4.78, 5) is 62.7. The van der Waals surface area contributed by atoms with E-state index < -0.39 is 6.17 Å². The van der Waals surface area contributed by atoms with Crippen molar-refractivity contribution in [3.8, 4) is 34.5 Å². The lowest BCUT2D eigenvalue weighted by molar-refractivity contribution is -0.127. The highest BCUT2D eigenvalue weighted by molar-refractivity contribution is 5.84. The van der Waals surface area contributed by atoms with Crippen molar-refractivity contribution in [2.45, 2.75) is 66.7 Å². The van der Waals surface area contributed by atoms with E-state index >= 15 is 0 Å². The second-order valence-corrected chi connectivity index (χ2v) is 23.9. The predicted molar refractivity (Wildman–Crippen MR) is 370 cm³/mol. The Balaban J connectivity index is 0.000000150. The van der Waals surface area contributed by atoms with E-state index in [4.69, 9.17) is 28.4 Å². The van der Waals surface area contributed by atoms with Gasteiger partial charge in [0.05, 0.1) is 60.6 Å². The van der Waals surface area contributed by atoms with Crippen LogP contribution in [0.2, 0.25) is 0 Å². The number of nitrogens with zero attached hydrogens (tertiary/aromatic N) is 9. The number of hydrogen-bond donors (Lipinski definition) is 2. The number of rotatable bonds is 20. The van der Waals surface area contributed by atoms with Gasteiger partial charge in [-0.3, -0.25) is 14.4 Å². The number of aldehydes is 3. The number of aromatic nitrogens is 4. The van der Waals surface area contributed by atoms with Crippen LogP contribution in [0.1, 0.15) is 90.3 Å². The molecule has 9 heterocycles. The summed E-state index contributed by atoms with van der Waals surface area (Å²) >= 11 is 0. The first-order chi connectivity index (χ1) is 46.4. The van der Waals surface area contributed by atoms with Crippen molar-refractivity contribution in [1.82, 2.24) is 24.8 Å². The van der Waals surface area contributed by atoms with E-state index in [1.807, 2.05) is 116 Å². The summed E-state index contributed by atoms with van der Waals surface area (Å²) in [5.41, 5.74) is 8.02. The fourth-order valence-corrected chi connectivity index (χ4v) is 11.9. The molecule has 5 saturated heterocycles. The first kappa shape index (κ1) is 70.4. The van der Waals surface area contributed by atoms with Crippen molar-refractivity contribution < 1.29 is 57.4 Å². The van der Waals surface area contributed by atoms with Crippen LogP contribution in [0.4, 0.5) is 27.7 Å². The Hall–Kier alpha value is -9.96. The molecule has 0 aliphatic carbocycles. The Morgan fingerprint density at radius 1 is 0.510 bits per heavy atom. The number of alkyl halides is 1. The number of benzene rings is 4. The molecule has 0 bridgehead atoms. The maximum absolute atomic E-state index is 13.4. The topological polar surface area (TPSA) is 215 Å². The van der Waals surface area contributed by atoms with Gasteiger partial charge in [-0.25, -0.2) is 24.3 Å². The molecule has 4 aromatic heterocycles. The van der Waals surface area contributed by atoms with Gasteiger partial charge in [-0.05, 0) is 112 Å². The highest BCUT2D eigenvalue weighted by atomic mass is 19.1. The zero-order chi connectivity index (χ0) is 66.5. The van der Waals surface area contributed by atoms with E-state index in [9.17, 15) is 29.0 Å². The van der Waals surface area contributed by atoms with E-state index in [1.54, 1.807) is 48.8 Å². The van der Waals surface area contributed by atoms with Gasteiger partial charge in [0.25, 0.3) is 0 Å². The number of phenols is 2. The summed E-state index contributed by atoms with van der Waals surface area (Å²) < 4.78 is 47.6. The minimum atomic E-state index is -0.835. The molecule has 5 fully saturated rings. The average molecular weight is 1310 g/mol. The molecule has 96 heavy (non-hydrogen) atoms. The number of ether oxygens (including phenoxy) is 6. The molecule has 8 aromatic rings. The molecule has 2 N–H and O–H groups in total. The summed E-state index contributed by atoms with van der Waals surface area (Å²) in [7, 11) is 2.16. The number of anilines is 4. The summed E-state index contributed by atoms with van der Waals surface area (Å²) in [5.74, 6) is 5.78. The highest BCUT2D eigenvalue weighted by Crippen LogP contribution is 2.41. The first-order valence-electron chi connectivity index (χ1n) is 31.9. The van der Waals surface area contributed by atoms with Gasteiger partial charge in [0.2, 0.25) is 0 Å². The Labute approximate surface area is 561 Å². The van der Waals surface area contributed by atoms with Gasteiger partial charge in [0.1, 0.15) is 90.4 Å². The first-order valence-corrected chi connectivity index (χ1v) is 31.9. The van der Waals surface area contributed by atoms with Gasteiger partial charge >= 0.3 is 0 Å². The highest BCUT2D eigenvalue weighted by Gasteiger charge is 2.50. The second-order valence-electron chi connectivity index (χ2n) is 23.9. The lowest BCUT2D eigenvalue weighted by Gasteiger charge is -2.55. The molecule has 20 nitrogen and oxygen atoms in total. The number of aryl methyl sites for hydroxylation is 2. The van der Waals surface area contributed by atoms with Crippen LogP contribution in [0.3, 0.4) is 0 Å². The summed E-state index contributed by atoms with van der Waals surface area (Å²) in [6.07, 6.45) is 11.7. The lowest BCUT2D eigenvalue weighted by Crippen LogP contribution is -2.66. The molecule has 504 valence electrons. The molecular weight excluding hydrogens is 1220 g/mol. The number of carbonyl (C=O) groups is 3. The third kappa shape index (κ3) is 17.9. The SMILES string of the molecule is C.C=Cc1c(O)cccc1OCc1cccnc1N1CC2(COC2)C1.Cc1cccc(OCc2cccnc2N2CCCN(C)CC2)c1C=O.Cc1cccc(OCc2cccnc2N2CCOCC2)c1C=O.O=Cc1c(O)cccc1OCc1cccnc1N1CC[C@@H](F)C1. The third-order valence-corrected chi connectivity index (χ3v) is 17.1. The lowest BCUT2D eigenvalue weighted by atomic mass is 9.78. The van der Waals surface area contributed by atoms with Crippen molar-refractivity contribution in [3.05, 3.63) is 208 Å². The summed E-state index contributed by atoms with van der Waals surface area (Å²) in [6, 6.07) is 36.6. The zero-order valence-electron chi connectivity index (χ0n) is 54.1. The molecule has 4 aromatic carbocycles. The molecule has 0 radical (unpaired) electrons. The Morgan fingerprint density at radius 2 is 0.927 bits per heavy atom. The molecule has 0 unspecified atom stereocenters. The number of carbonyl (C=O) groups excluding carboxylic acids is 3. The van der Waals surface area contributed by atoms with Crippen LogP contribution >= 0.6 is 0 Å². The number of halogens is 1. The van der Waals surface area contributed by atoms with Gasteiger partial charge in [0, 0.05) is 99.4 Å². The van der Waals surface area contributed by atoms with E-state index in [2.05, 4.69) is 53.2 Å². The van der Waals surface area contributed by atoms with Gasteiger partial charge in [-0.2, -0.15) is 0 Å². The minimum Gasteiger partial charge on any atom is -0.507 e. The number of hydrogen-bond acceptors (Lipinski definition) is 20. The van der Waals surface area contributed by atoms with E-state index in [0.29, 0.717) is 110 Å². The van der Waals surface area contributed by atoms with Crippen LogP contribution < -0.4 is 38.5 Å². The molecule has 0 saturated carbocycles. The van der Waals surface area contributed by atoms with Crippen LogP contribution in [-0.4, -0.2) is 159 Å². The molecular formula is C75H86FN9O11. The normalized spacial score (nSPS) is 16.2. The van der Waals surface area contributed by atoms with Crippen molar-refractivity contribution in [1.29, 1.82) is 0 Å². The van der Waals surface area contributed by atoms with E-state index in [0.717, 1.165) is 135 Å². The Morgan fingerprint density at radius 3 is 1.35 bits per heavy atom. The fourth-order valence-electron chi connectivity index (χ4n) is 11.9. The molecule has 5 aliphatic rings. The summed E-state index contributed by atoms with van der Waals surface area (Å²) in [5, 5.41) is 19.6. The van der Waals surface area contributed by atoms with Crippen molar-refractivity contribution in [2.24, 2.45) is 5.41 Å². The van der Waals surface area contributed by atoms with Crippen molar-refractivity contribution in [2.75, 3.05) is 119 Å². The largest absolute Gasteiger partial charge is 0.507 e. The number of phenolic OH excluding ortho intramolecular Hbond substituents is 2. The number of morpholine rings is 1. The smallest absolute Gasteiger partial charge is 0.157 e. The van der Waals surface area contributed by atoms with Gasteiger partial charge in [-0.15, -0.1) is 0 Å². The maximum Gasteiger partial charge on any atom is 0.157 e. The molecule has 5 aliphatic heterocycles. The quantitative estimate of drug-likeness (QED) is 0.0679. The fraction of sp³-hybridized carbons (Fsp3) is 0.347. The van der Waals surface area contributed by atoms with Crippen LogP contribution in [0.25, 0.3) is 6.08 Å². The van der Waals surface area contributed by atoms with E-state index in [1.165, 1.54) is 6.07 Å². The van der Waals surface area contributed by atoms with Crippen molar-refractivity contribution >= 4 is 48.2 Å². The zero-order valence-corrected chi connectivity index (χ0v) is 54.1. The Kier molecular flexibility index (Phi) is 25.2. The summed E-state index contributed by atoms with van der Waals surface area (Å²) in [6.45, 7) is 20.7. The molecule has 21 heteroatoms. The number of likely N-dealkylation sites (N-methyl/N-ethyl adjacent to an activating group) is 1. The van der Waals surface area contributed by atoms with Crippen molar-refractivity contribution in [3.63, 3.8) is 0 Å². The standard InChI is InChI=1S/C20H25N3O2.C19H20N2O3.C18H20N2O3.C17H17FN2O3.CH4/c1-16-6-3-8-19(18(16)14-24)25-15-17-7-4-9-21-20(17)23-11-5-10-22(2)12-13-23;1-2-15-16(22)6-3-7-17(15)24-9-14-5-4-8-20-18(14)21-10-19(11-21)12-23-13-19;1-14-4-2-6-17(16(14)12-21)23-13-15-5-3-7-19-18(15)20-8-10-22-11-9-20;18-13-6-8-20(9-13)17-12(3-2-7-19-17)11-23-16-5-1-4-15(22)14(16)10-21;/h3-4,6-9,14H,5,10-13,15H2,1-2H3;2-8,22H,1,9-13H2;2-7,12H,8-11,13H2,1H3;1-5,7,10,13,22H,6,8-9,11H2;1H4/t;;;13-;/m...1./s1. The molecule has 13 rings (SSSR count). The van der Waals surface area contributed by atoms with E-state index in [-0.39, 0.29) is 31.1 Å².